The summed E-state index contributed by atoms with van der Waals surface area (Å²) in [6.07, 6.45) is 3.33. The van der Waals surface area contributed by atoms with Gasteiger partial charge in [0.1, 0.15) is 0 Å². The van der Waals surface area contributed by atoms with Crippen LogP contribution in [0.15, 0.2) is 30.6 Å². The fourth-order valence-corrected chi connectivity index (χ4v) is 1.41. The van der Waals surface area contributed by atoms with Gasteiger partial charge in [-0.2, -0.15) is 0 Å². The highest BCUT2D eigenvalue weighted by molar-refractivity contribution is 6.47. The molecule has 19 heavy (non-hydrogen) atoms. The van der Waals surface area contributed by atoms with Crippen LogP contribution >= 0.6 is 0 Å². The van der Waals surface area contributed by atoms with Crippen LogP contribution in [0, 0.1) is 0 Å². The van der Waals surface area contributed by atoms with E-state index < -0.39 is 11.2 Å². The van der Waals surface area contributed by atoms with Crippen molar-refractivity contribution in [3.8, 4) is 0 Å². The lowest BCUT2D eigenvalue weighted by molar-refractivity contribution is -0.0893. The van der Waals surface area contributed by atoms with Gasteiger partial charge in [-0.1, -0.05) is 11.5 Å². The molecule has 0 aliphatic rings. The Bertz CT molecular complexity index is 579. The van der Waals surface area contributed by atoms with E-state index in [1.54, 1.807) is 33.7 Å². The van der Waals surface area contributed by atoms with Gasteiger partial charge in [-0.15, -0.1) is 0 Å². The number of benzene rings is 1. The number of fused-ring (bicyclic) bond motifs is 1. The highest BCUT2D eigenvalue weighted by Crippen LogP contribution is 2.24. The largest absolute Gasteiger partial charge is 0.427 e. The molecular formula is C14H18BN2O2. The predicted octanol–water partition coefficient (Wildman–Crippen LogP) is 1.44. The summed E-state index contributed by atoms with van der Waals surface area (Å²) in [7, 11) is 1.64. The van der Waals surface area contributed by atoms with E-state index in [9.17, 15) is 5.11 Å². The van der Waals surface area contributed by atoms with Crippen molar-refractivity contribution in [3.63, 3.8) is 0 Å². The summed E-state index contributed by atoms with van der Waals surface area (Å²) in [5.41, 5.74) is 0.956. The second kappa shape index (κ2) is 4.91. The minimum absolute atomic E-state index is 0.676. The third kappa shape index (κ3) is 3.11. The van der Waals surface area contributed by atoms with Gasteiger partial charge in [-0.25, -0.2) is 0 Å². The Balaban J connectivity index is 2.14. The second-order valence-corrected chi connectivity index (χ2v) is 5.61. The molecule has 1 aromatic carbocycles. The van der Waals surface area contributed by atoms with E-state index in [2.05, 4.69) is 9.97 Å². The highest BCUT2D eigenvalue weighted by Gasteiger charge is 2.35. The molecule has 0 saturated carbocycles. The monoisotopic (exact) mass is 257 g/mol. The fourth-order valence-electron chi connectivity index (χ4n) is 1.41. The molecule has 0 aliphatic heterocycles. The molecule has 2 aromatic rings. The first kappa shape index (κ1) is 14.0. The second-order valence-electron chi connectivity index (χ2n) is 5.61. The van der Waals surface area contributed by atoms with Crippen LogP contribution in [0.2, 0.25) is 0 Å². The lowest BCUT2D eigenvalue weighted by Gasteiger charge is -2.37. The third-order valence-electron chi connectivity index (χ3n) is 3.46. The van der Waals surface area contributed by atoms with Crippen LogP contribution in [0.25, 0.3) is 11.0 Å². The number of hydrogen-bond acceptors (Lipinski definition) is 4. The van der Waals surface area contributed by atoms with Crippen LogP contribution < -0.4 is 5.46 Å². The van der Waals surface area contributed by atoms with E-state index in [0.29, 0.717) is 0 Å². The molecule has 0 fully saturated rings. The summed E-state index contributed by atoms with van der Waals surface area (Å²) >= 11 is 0. The summed E-state index contributed by atoms with van der Waals surface area (Å²) in [5.74, 6) is 0. The maximum absolute atomic E-state index is 10.0. The number of nitrogens with zero attached hydrogens (tertiary/aromatic N) is 2. The van der Waals surface area contributed by atoms with Gasteiger partial charge in [0.05, 0.1) is 22.2 Å². The molecule has 0 bridgehead atoms. The molecule has 0 aliphatic carbocycles. The van der Waals surface area contributed by atoms with Crippen LogP contribution in [-0.2, 0) is 4.65 Å². The minimum atomic E-state index is -0.930. The fraction of sp³-hybridized carbons (Fsp3) is 0.429. The lowest BCUT2D eigenvalue weighted by Crippen LogP contribution is -2.49. The normalized spacial score (nSPS) is 12.7. The van der Waals surface area contributed by atoms with Gasteiger partial charge in [0.25, 0.3) is 0 Å². The van der Waals surface area contributed by atoms with Gasteiger partial charge in [-0.3, -0.25) is 9.97 Å². The van der Waals surface area contributed by atoms with Crippen LogP contribution in [0.5, 0.6) is 0 Å². The molecule has 0 amide bonds. The zero-order valence-corrected chi connectivity index (χ0v) is 11.7. The summed E-state index contributed by atoms with van der Waals surface area (Å²) < 4.78 is 5.71. The Morgan fingerprint density at radius 2 is 1.68 bits per heavy atom. The van der Waals surface area contributed by atoms with E-state index in [1.165, 1.54) is 0 Å². The zero-order chi connectivity index (χ0) is 14.1. The average Bonchev–Trinajstić information content (AvgIpc) is 2.35. The summed E-state index contributed by atoms with van der Waals surface area (Å²) in [4.78, 5) is 8.46. The number of rotatable bonds is 4. The van der Waals surface area contributed by atoms with Crippen LogP contribution in [0.1, 0.15) is 27.7 Å². The zero-order valence-electron chi connectivity index (χ0n) is 11.7. The molecule has 1 aromatic heterocycles. The van der Waals surface area contributed by atoms with E-state index in [0.717, 1.165) is 16.5 Å². The van der Waals surface area contributed by atoms with Crippen molar-refractivity contribution in [2.75, 3.05) is 0 Å². The Labute approximate surface area is 114 Å². The SMILES string of the molecule is CC(C)(O)C(C)(C)O[B]c1ccc2nccnc2c1. The lowest BCUT2D eigenvalue weighted by atomic mass is 9.82. The Morgan fingerprint density at radius 3 is 2.32 bits per heavy atom. The predicted molar refractivity (Wildman–Crippen MR) is 76.4 cm³/mol. The average molecular weight is 257 g/mol. The molecule has 0 atom stereocenters. The number of hydrogen-bond donors (Lipinski definition) is 1. The van der Waals surface area contributed by atoms with Gasteiger partial charge < -0.3 is 9.76 Å². The van der Waals surface area contributed by atoms with Crippen LogP contribution in [-0.4, -0.2) is 33.8 Å². The van der Waals surface area contributed by atoms with Gasteiger partial charge >= 0.3 is 7.48 Å². The van der Waals surface area contributed by atoms with Gasteiger partial charge in [0, 0.05) is 12.4 Å². The topological polar surface area (TPSA) is 55.2 Å². The molecule has 1 radical (unpaired) electrons. The molecule has 0 spiro atoms. The molecule has 99 valence electrons. The first-order chi connectivity index (χ1) is 8.79. The van der Waals surface area contributed by atoms with Gasteiger partial charge in [-0.05, 0) is 39.8 Å². The molecule has 4 nitrogen and oxygen atoms in total. The van der Waals surface area contributed by atoms with Crippen molar-refractivity contribution in [2.45, 2.75) is 38.9 Å². The van der Waals surface area contributed by atoms with Crippen molar-refractivity contribution in [2.24, 2.45) is 0 Å². The van der Waals surface area contributed by atoms with Crippen molar-refractivity contribution in [3.05, 3.63) is 30.6 Å². The van der Waals surface area contributed by atoms with Gasteiger partial charge in [0.2, 0.25) is 0 Å². The first-order valence-corrected chi connectivity index (χ1v) is 6.24. The van der Waals surface area contributed by atoms with Crippen molar-refractivity contribution >= 4 is 24.0 Å². The minimum Gasteiger partial charge on any atom is -0.427 e. The summed E-state index contributed by atoms with van der Waals surface area (Å²) in [5, 5.41) is 10.0. The van der Waals surface area contributed by atoms with Gasteiger partial charge in [0.15, 0.2) is 0 Å². The number of aromatic nitrogens is 2. The summed E-state index contributed by atoms with van der Waals surface area (Å²) in [6.45, 7) is 7.16. The molecule has 0 unspecified atom stereocenters. The highest BCUT2D eigenvalue weighted by atomic mass is 16.5. The molecule has 5 heteroatoms. The molecule has 0 saturated heterocycles. The van der Waals surface area contributed by atoms with Crippen molar-refractivity contribution in [1.29, 1.82) is 0 Å². The van der Waals surface area contributed by atoms with E-state index in [-0.39, 0.29) is 0 Å². The Morgan fingerprint density at radius 1 is 1.05 bits per heavy atom. The quantitative estimate of drug-likeness (QED) is 0.842. The molecule has 2 rings (SSSR count). The van der Waals surface area contributed by atoms with E-state index in [4.69, 9.17) is 4.65 Å². The van der Waals surface area contributed by atoms with E-state index in [1.807, 2.05) is 32.0 Å². The Hall–Kier alpha value is -1.46. The summed E-state index contributed by atoms with van der Waals surface area (Å²) in [6, 6.07) is 5.72. The van der Waals surface area contributed by atoms with Crippen LogP contribution in [0.3, 0.4) is 0 Å². The molecule has 1 heterocycles. The third-order valence-corrected chi connectivity index (χ3v) is 3.46. The number of aliphatic hydroxyl groups is 1. The standard InChI is InChI=1S/C14H18BN2O2/c1-13(2,18)14(3,4)19-15-10-5-6-11-12(9-10)17-8-7-16-11/h5-9,18H,1-4H3. The molecule has 1 N–H and O–H groups in total. The van der Waals surface area contributed by atoms with Crippen LogP contribution in [0.4, 0.5) is 0 Å². The first-order valence-electron chi connectivity index (χ1n) is 6.24. The smallest absolute Gasteiger partial charge is 0.330 e. The van der Waals surface area contributed by atoms with Crippen molar-refractivity contribution in [1.82, 2.24) is 9.97 Å². The maximum Gasteiger partial charge on any atom is 0.330 e. The molecular weight excluding hydrogens is 239 g/mol. The van der Waals surface area contributed by atoms with Crippen molar-refractivity contribution < 1.29 is 9.76 Å². The Kier molecular flexibility index (Phi) is 3.61. The maximum atomic E-state index is 10.0. The van der Waals surface area contributed by atoms with E-state index >= 15 is 0 Å².